The molecule has 2 aromatic carbocycles. The van der Waals surface area contributed by atoms with Gasteiger partial charge in [0, 0.05) is 17.1 Å². The molecule has 0 spiro atoms. The zero-order valence-corrected chi connectivity index (χ0v) is 15.0. The molecule has 0 aromatic heterocycles. The number of likely N-dealkylation sites (N-methyl/N-ethyl adjacent to an activating group) is 1. The van der Waals surface area contributed by atoms with Gasteiger partial charge in [0.1, 0.15) is 0 Å². The van der Waals surface area contributed by atoms with Crippen LogP contribution in [-0.4, -0.2) is 31.4 Å². The molecular formula is C19H21BrN2O. The maximum atomic E-state index is 12.3. The Labute approximate surface area is 146 Å². The van der Waals surface area contributed by atoms with Crippen molar-refractivity contribution in [1.29, 1.82) is 0 Å². The van der Waals surface area contributed by atoms with E-state index < -0.39 is 0 Å². The first-order chi connectivity index (χ1) is 11.1. The Morgan fingerprint density at radius 2 is 1.78 bits per heavy atom. The quantitative estimate of drug-likeness (QED) is 0.780. The third-order valence-electron chi connectivity index (χ3n) is 3.39. The molecule has 0 heterocycles. The maximum absolute atomic E-state index is 12.3. The van der Waals surface area contributed by atoms with Crippen molar-refractivity contribution in [2.24, 2.45) is 0 Å². The van der Waals surface area contributed by atoms with Crippen LogP contribution >= 0.6 is 15.9 Å². The van der Waals surface area contributed by atoms with Crippen LogP contribution in [0.2, 0.25) is 0 Å². The van der Waals surface area contributed by atoms with E-state index in [1.807, 2.05) is 74.8 Å². The minimum atomic E-state index is -0.101. The van der Waals surface area contributed by atoms with Gasteiger partial charge in [0.05, 0.1) is 6.04 Å². The van der Waals surface area contributed by atoms with Gasteiger partial charge in [-0.05, 0) is 37.4 Å². The summed E-state index contributed by atoms with van der Waals surface area (Å²) in [6.07, 6.45) is 3.39. The first-order valence-corrected chi connectivity index (χ1v) is 8.28. The van der Waals surface area contributed by atoms with Gasteiger partial charge in [0.2, 0.25) is 5.91 Å². The number of carbonyl (C=O) groups is 1. The van der Waals surface area contributed by atoms with E-state index in [1.54, 1.807) is 6.08 Å². The predicted octanol–water partition coefficient (Wildman–Crippen LogP) is 3.88. The van der Waals surface area contributed by atoms with Crippen LogP contribution in [0.3, 0.4) is 0 Å². The number of amides is 1. The number of benzene rings is 2. The average Bonchev–Trinajstić information content (AvgIpc) is 2.54. The lowest BCUT2D eigenvalue weighted by Gasteiger charge is -2.22. The predicted molar refractivity (Wildman–Crippen MR) is 99.1 cm³/mol. The summed E-state index contributed by atoms with van der Waals surface area (Å²) < 4.78 is 0.969. The van der Waals surface area contributed by atoms with E-state index in [4.69, 9.17) is 0 Å². The van der Waals surface area contributed by atoms with Crippen molar-refractivity contribution in [2.45, 2.75) is 6.04 Å². The molecule has 0 radical (unpaired) electrons. The molecule has 0 unspecified atom stereocenters. The van der Waals surface area contributed by atoms with Crippen LogP contribution in [0.1, 0.15) is 17.2 Å². The Morgan fingerprint density at radius 3 is 2.43 bits per heavy atom. The van der Waals surface area contributed by atoms with E-state index in [1.165, 1.54) is 0 Å². The highest BCUT2D eigenvalue weighted by molar-refractivity contribution is 9.10. The summed E-state index contributed by atoms with van der Waals surface area (Å²) in [5.41, 5.74) is 2.08. The van der Waals surface area contributed by atoms with Gasteiger partial charge in [0.15, 0.2) is 0 Å². The Kier molecular flexibility index (Phi) is 6.56. The van der Waals surface area contributed by atoms with E-state index >= 15 is 0 Å². The van der Waals surface area contributed by atoms with Gasteiger partial charge in [0.25, 0.3) is 0 Å². The molecule has 4 heteroatoms. The number of hydrogen-bond donors (Lipinski definition) is 1. The molecule has 0 aliphatic carbocycles. The fourth-order valence-electron chi connectivity index (χ4n) is 2.28. The van der Waals surface area contributed by atoms with Gasteiger partial charge < -0.3 is 10.2 Å². The molecule has 2 rings (SSSR count). The first kappa shape index (κ1) is 17.4. The minimum absolute atomic E-state index is 0.0393. The van der Waals surface area contributed by atoms with Gasteiger partial charge >= 0.3 is 0 Å². The second-order valence-electron chi connectivity index (χ2n) is 5.59. The van der Waals surface area contributed by atoms with Crippen molar-refractivity contribution in [3.63, 3.8) is 0 Å². The van der Waals surface area contributed by atoms with Crippen LogP contribution < -0.4 is 5.32 Å². The van der Waals surface area contributed by atoms with Crippen LogP contribution in [0, 0.1) is 0 Å². The van der Waals surface area contributed by atoms with Crippen LogP contribution in [0.25, 0.3) is 6.08 Å². The van der Waals surface area contributed by atoms with Gasteiger partial charge in [-0.15, -0.1) is 0 Å². The Hall–Kier alpha value is -1.91. The third-order valence-corrected chi connectivity index (χ3v) is 4.11. The lowest BCUT2D eigenvalue weighted by atomic mass is 10.1. The molecule has 0 saturated carbocycles. The smallest absolute Gasteiger partial charge is 0.244 e. The maximum Gasteiger partial charge on any atom is 0.244 e. The van der Waals surface area contributed by atoms with Gasteiger partial charge in [-0.1, -0.05) is 64.5 Å². The number of rotatable bonds is 6. The number of hydrogen-bond acceptors (Lipinski definition) is 2. The summed E-state index contributed by atoms with van der Waals surface area (Å²) in [5.74, 6) is -0.101. The number of nitrogens with one attached hydrogen (secondary N) is 1. The van der Waals surface area contributed by atoms with Crippen molar-refractivity contribution < 1.29 is 4.79 Å². The van der Waals surface area contributed by atoms with E-state index in [9.17, 15) is 4.79 Å². The molecule has 120 valence electrons. The fraction of sp³-hybridized carbons (Fsp3) is 0.211. The topological polar surface area (TPSA) is 32.3 Å². The molecule has 0 aliphatic heterocycles. The highest BCUT2D eigenvalue weighted by atomic mass is 79.9. The van der Waals surface area contributed by atoms with Crippen molar-refractivity contribution in [2.75, 3.05) is 20.6 Å². The summed E-state index contributed by atoms with van der Waals surface area (Å²) in [5, 5.41) is 3.07. The summed E-state index contributed by atoms with van der Waals surface area (Å²) in [6, 6.07) is 17.8. The van der Waals surface area contributed by atoms with E-state index in [-0.39, 0.29) is 11.9 Å². The second kappa shape index (κ2) is 8.65. The van der Waals surface area contributed by atoms with Crippen LogP contribution in [0.5, 0.6) is 0 Å². The van der Waals surface area contributed by atoms with Gasteiger partial charge in [-0.3, -0.25) is 4.79 Å². The van der Waals surface area contributed by atoms with E-state index in [0.717, 1.165) is 22.1 Å². The summed E-state index contributed by atoms with van der Waals surface area (Å²) >= 11 is 3.48. The molecule has 1 N–H and O–H groups in total. The largest absolute Gasteiger partial charge is 0.344 e. The molecule has 0 aliphatic rings. The Morgan fingerprint density at radius 1 is 1.13 bits per heavy atom. The standard InChI is InChI=1S/C19H21BrN2O/c1-22(2)14-18(16-9-4-3-5-10-16)21-19(23)13-12-15-8-6-7-11-17(15)20/h3-13,18H,14H2,1-2H3,(H,21,23)/b13-12+/t18-/m1/s1. The zero-order valence-electron chi connectivity index (χ0n) is 13.4. The van der Waals surface area contributed by atoms with Crippen LogP contribution in [0.4, 0.5) is 0 Å². The van der Waals surface area contributed by atoms with Gasteiger partial charge in [-0.2, -0.15) is 0 Å². The van der Waals surface area contributed by atoms with Crippen LogP contribution in [-0.2, 0) is 4.79 Å². The van der Waals surface area contributed by atoms with Gasteiger partial charge in [-0.25, -0.2) is 0 Å². The molecule has 0 bridgehead atoms. The highest BCUT2D eigenvalue weighted by Gasteiger charge is 2.13. The highest BCUT2D eigenvalue weighted by Crippen LogP contribution is 2.17. The summed E-state index contributed by atoms with van der Waals surface area (Å²) in [6.45, 7) is 0.749. The second-order valence-corrected chi connectivity index (χ2v) is 6.44. The minimum Gasteiger partial charge on any atom is -0.344 e. The monoisotopic (exact) mass is 372 g/mol. The molecule has 0 fully saturated rings. The van der Waals surface area contributed by atoms with Crippen LogP contribution in [0.15, 0.2) is 65.1 Å². The zero-order chi connectivity index (χ0) is 16.7. The SMILES string of the molecule is CN(C)C[C@@H](NC(=O)/C=C/c1ccccc1Br)c1ccccc1. The molecule has 1 amide bonds. The average molecular weight is 373 g/mol. The van der Waals surface area contributed by atoms with Crippen molar-refractivity contribution in [3.05, 3.63) is 76.3 Å². The van der Waals surface area contributed by atoms with Crippen molar-refractivity contribution in [3.8, 4) is 0 Å². The lowest BCUT2D eigenvalue weighted by Crippen LogP contribution is -2.34. The first-order valence-electron chi connectivity index (χ1n) is 7.49. The fourth-order valence-corrected chi connectivity index (χ4v) is 2.70. The molecule has 2 aromatic rings. The molecule has 0 saturated heterocycles. The number of nitrogens with zero attached hydrogens (tertiary/aromatic N) is 1. The Balaban J connectivity index is 2.07. The summed E-state index contributed by atoms with van der Waals surface area (Å²) in [4.78, 5) is 14.3. The van der Waals surface area contributed by atoms with E-state index in [0.29, 0.717) is 0 Å². The molecule has 1 atom stereocenters. The molecule has 23 heavy (non-hydrogen) atoms. The van der Waals surface area contributed by atoms with Crippen molar-refractivity contribution >= 4 is 27.9 Å². The van der Waals surface area contributed by atoms with E-state index in [2.05, 4.69) is 26.1 Å². The number of halogens is 1. The molecule has 3 nitrogen and oxygen atoms in total. The van der Waals surface area contributed by atoms with Crippen molar-refractivity contribution in [1.82, 2.24) is 10.2 Å². The summed E-state index contributed by atoms with van der Waals surface area (Å²) in [7, 11) is 4.00. The molecular weight excluding hydrogens is 352 g/mol. The Bertz CT molecular complexity index is 668. The number of carbonyl (C=O) groups excluding carboxylic acids is 1. The normalized spacial score (nSPS) is 12.5. The lowest BCUT2D eigenvalue weighted by molar-refractivity contribution is -0.117. The third kappa shape index (κ3) is 5.66.